The van der Waals surface area contributed by atoms with Crippen molar-refractivity contribution in [1.82, 2.24) is 0 Å². The van der Waals surface area contributed by atoms with Crippen molar-refractivity contribution >= 4 is 32.7 Å². The molecular weight excluding hydrogens is 488 g/mol. The molecule has 190 valence electrons. The molecule has 0 fully saturated rings. The van der Waals surface area contributed by atoms with Crippen LogP contribution in [0.3, 0.4) is 0 Å². The van der Waals surface area contributed by atoms with Crippen LogP contribution >= 0.6 is 0 Å². The number of fused-ring (bicyclic) bond motifs is 4. The van der Waals surface area contributed by atoms with Crippen LogP contribution in [0.5, 0.6) is 0 Å². The van der Waals surface area contributed by atoms with Crippen molar-refractivity contribution in [2.24, 2.45) is 7.05 Å². The van der Waals surface area contributed by atoms with Crippen molar-refractivity contribution in [1.29, 1.82) is 5.26 Å². The maximum Gasteiger partial charge on any atom is 0.216 e. The fourth-order valence-corrected chi connectivity index (χ4v) is 5.96. The van der Waals surface area contributed by atoms with E-state index in [0.29, 0.717) is 5.56 Å². The fraction of sp³-hybridized carbons (Fsp3) is 0.0811. The van der Waals surface area contributed by atoms with Gasteiger partial charge in [0.1, 0.15) is 18.2 Å². The molecule has 40 heavy (non-hydrogen) atoms. The highest BCUT2D eigenvalue weighted by molar-refractivity contribution is 6.14. The Hall–Kier alpha value is -5.20. The lowest BCUT2D eigenvalue weighted by Gasteiger charge is -2.10. The minimum Gasteiger partial charge on any atom is -0.454 e. The van der Waals surface area contributed by atoms with Crippen molar-refractivity contribution in [2.45, 2.75) is 13.8 Å². The van der Waals surface area contributed by atoms with Gasteiger partial charge in [0, 0.05) is 28.0 Å². The van der Waals surface area contributed by atoms with Crippen LogP contribution in [0.2, 0.25) is 0 Å². The van der Waals surface area contributed by atoms with Crippen LogP contribution in [-0.2, 0) is 7.05 Å². The van der Waals surface area contributed by atoms with Gasteiger partial charge in [0.2, 0.25) is 5.69 Å². The number of furan rings is 1. The second-order valence-electron chi connectivity index (χ2n) is 10.5. The van der Waals surface area contributed by atoms with E-state index in [4.69, 9.17) is 4.42 Å². The van der Waals surface area contributed by atoms with Gasteiger partial charge in [-0.15, -0.1) is 0 Å². The fourth-order valence-electron chi connectivity index (χ4n) is 5.96. The van der Waals surface area contributed by atoms with E-state index in [1.54, 1.807) is 0 Å². The lowest BCUT2D eigenvalue weighted by molar-refractivity contribution is -0.659. The van der Waals surface area contributed by atoms with Crippen LogP contribution in [0.1, 0.15) is 16.7 Å². The molecule has 7 rings (SSSR count). The van der Waals surface area contributed by atoms with Crippen LogP contribution in [0.4, 0.5) is 0 Å². The molecule has 0 amide bonds. The van der Waals surface area contributed by atoms with Crippen molar-refractivity contribution in [2.75, 3.05) is 0 Å². The summed E-state index contributed by atoms with van der Waals surface area (Å²) < 4.78 is 8.99. The molecule has 7 aromatic rings. The molecular formula is C37H27N2O+. The summed E-state index contributed by atoms with van der Waals surface area (Å²) in [7, 11) is 2.09. The van der Waals surface area contributed by atoms with Gasteiger partial charge < -0.3 is 4.42 Å². The number of benzene rings is 5. The number of rotatable bonds is 3. The summed E-state index contributed by atoms with van der Waals surface area (Å²) in [6.45, 7) is 4.30. The topological polar surface area (TPSA) is 40.8 Å². The monoisotopic (exact) mass is 515 g/mol. The quantitative estimate of drug-likeness (QED) is 0.220. The first-order valence-electron chi connectivity index (χ1n) is 13.5. The highest BCUT2D eigenvalue weighted by Gasteiger charge is 2.24. The highest BCUT2D eigenvalue weighted by Crippen LogP contribution is 2.42. The molecule has 3 heteroatoms. The van der Waals surface area contributed by atoms with Gasteiger partial charge in [0.25, 0.3) is 0 Å². The third-order valence-electron chi connectivity index (χ3n) is 8.00. The molecule has 0 aliphatic heterocycles. The Bertz CT molecular complexity index is 2150. The van der Waals surface area contributed by atoms with Gasteiger partial charge in [-0.2, -0.15) is 5.26 Å². The second kappa shape index (κ2) is 9.22. The molecule has 0 saturated carbocycles. The standard InChI is InChI=1S/C37H27N2O/c1-23-13-17-30-31-18-16-29(21-38)35(28-15-14-25-9-7-8-12-27(25)20-28)37(31)40-36(30)34(23)33-19-24(2)32(22-39(33)3)26-10-5-4-6-11-26/h4-20,22H,1-3H3/q+1. The van der Waals surface area contributed by atoms with E-state index in [1.165, 1.54) is 22.1 Å². The summed E-state index contributed by atoms with van der Waals surface area (Å²) in [4.78, 5) is 0. The van der Waals surface area contributed by atoms with Gasteiger partial charge in [-0.1, -0.05) is 78.9 Å². The predicted octanol–water partition coefficient (Wildman–Crippen LogP) is 9.05. The molecule has 0 aliphatic carbocycles. The maximum atomic E-state index is 10.1. The van der Waals surface area contributed by atoms with E-state index in [2.05, 4.69) is 111 Å². The highest BCUT2D eigenvalue weighted by atomic mass is 16.3. The van der Waals surface area contributed by atoms with Gasteiger partial charge in [-0.05, 0) is 65.1 Å². The summed E-state index contributed by atoms with van der Waals surface area (Å²) in [6.07, 6.45) is 2.20. The van der Waals surface area contributed by atoms with Crippen LogP contribution < -0.4 is 4.57 Å². The molecule has 2 aromatic heterocycles. The van der Waals surface area contributed by atoms with Crippen LogP contribution in [0.25, 0.3) is 66.2 Å². The molecule has 0 radical (unpaired) electrons. The molecule has 0 bridgehead atoms. The van der Waals surface area contributed by atoms with Crippen LogP contribution in [-0.4, -0.2) is 0 Å². The van der Waals surface area contributed by atoms with Gasteiger partial charge in [-0.3, -0.25) is 0 Å². The molecule has 0 unspecified atom stereocenters. The Kier molecular flexibility index (Phi) is 5.51. The predicted molar refractivity (Wildman–Crippen MR) is 163 cm³/mol. The maximum absolute atomic E-state index is 10.1. The average Bonchev–Trinajstić information content (AvgIpc) is 3.36. The molecule has 0 saturated heterocycles. The number of aromatic nitrogens is 1. The third kappa shape index (κ3) is 3.69. The van der Waals surface area contributed by atoms with E-state index < -0.39 is 0 Å². The lowest BCUT2D eigenvalue weighted by atomic mass is 9.94. The van der Waals surface area contributed by atoms with Gasteiger partial charge in [-0.25, -0.2) is 4.57 Å². The number of nitrogens with zero attached hydrogens (tertiary/aromatic N) is 2. The van der Waals surface area contributed by atoms with E-state index in [9.17, 15) is 5.26 Å². The van der Waals surface area contributed by atoms with E-state index in [1.807, 2.05) is 30.3 Å². The molecule has 0 N–H and O–H groups in total. The first-order valence-corrected chi connectivity index (χ1v) is 13.5. The Morgan fingerprint density at radius 3 is 2.12 bits per heavy atom. The largest absolute Gasteiger partial charge is 0.454 e. The number of aryl methyl sites for hydroxylation is 3. The van der Waals surface area contributed by atoms with Crippen molar-refractivity contribution in [3.8, 4) is 39.6 Å². The van der Waals surface area contributed by atoms with Gasteiger partial charge in [0.15, 0.2) is 6.20 Å². The third-order valence-corrected chi connectivity index (χ3v) is 8.00. The molecule has 0 spiro atoms. The van der Waals surface area contributed by atoms with Gasteiger partial charge in [0.05, 0.1) is 17.2 Å². The number of hydrogen-bond donors (Lipinski definition) is 0. The average molecular weight is 516 g/mol. The van der Waals surface area contributed by atoms with E-state index in [0.717, 1.165) is 55.3 Å². The smallest absolute Gasteiger partial charge is 0.216 e. The molecule has 2 heterocycles. The van der Waals surface area contributed by atoms with Crippen LogP contribution in [0.15, 0.2) is 114 Å². The van der Waals surface area contributed by atoms with Crippen molar-refractivity contribution < 1.29 is 8.98 Å². The minimum absolute atomic E-state index is 0.605. The SMILES string of the molecule is Cc1cc(-c2c(C)ccc3c2oc2c(-c4ccc5ccccc5c4)c(C#N)ccc23)[n+](C)cc1-c1ccccc1. The normalized spacial score (nSPS) is 11.3. The zero-order valence-corrected chi connectivity index (χ0v) is 22.7. The lowest BCUT2D eigenvalue weighted by Crippen LogP contribution is -2.31. The number of pyridine rings is 1. The summed E-state index contributed by atoms with van der Waals surface area (Å²) in [5.41, 5.74) is 10.9. The number of hydrogen-bond acceptors (Lipinski definition) is 2. The second-order valence-corrected chi connectivity index (χ2v) is 10.5. The molecule has 3 nitrogen and oxygen atoms in total. The Morgan fingerprint density at radius 2 is 1.35 bits per heavy atom. The van der Waals surface area contributed by atoms with Crippen molar-refractivity contribution in [3.05, 3.63) is 126 Å². The summed E-state index contributed by atoms with van der Waals surface area (Å²) >= 11 is 0. The summed E-state index contributed by atoms with van der Waals surface area (Å²) in [5.74, 6) is 0. The summed E-state index contributed by atoms with van der Waals surface area (Å²) in [5, 5.41) is 14.5. The molecule has 0 aliphatic rings. The van der Waals surface area contributed by atoms with E-state index in [-0.39, 0.29) is 0 Å². The minimum atomic E-state index is 0.605. The first kappa shape index (κ1) is 23.9. The zero-order valence-electron chi connectivity index (χ0n) is 22.7. The molecule has 5 aromatic carbocycles. The Balaban J connectivity index is 1.50. The number of nitriles is 1. The molecule has 0 atom stereocenters. The van der Waals surface area contributed by atoms with Gasteiger partial charge >= 0.3 is 0 Å². The van der Waals surface area contributed by atoms with E-state index >= 15 is 0 Å². The zero-order chi connectivity index (χ0) is 27.4. The Labute approximate surface area is 233 Å². The summed E-state index contributed by atoms with van der Waals surface area (Å²) in [6, 6.07) is 38.0. The first-order chi connectivity index (χ1) is 19.5. The van der Waals surface area contributed by atoms with Crippen molar-refractivity contribution in [3.63, 3.8) is 0 Å². The Morgan fingerprint density at radius 1 is 0.650 bits per heavy atom. The van der Waals surface area contributed by atoms with Crippen LogP contribution in [0, 0.1) is 25.2 Å².